The maximum Gasteiger partial charge on any atom is 0.343 e. The van der Waals surface area contributed by atoms with Crippen molar-refractivity contribution in [2.75, 3.05) is 0 Å². The molecule has 0 spiro atoms. The molecule has 17 heavy (non-hydrogen) atoms. The maximum absolute atomic E-state index is 11.3. The van der Waals surface area contributed by atoms with E-state index in [0.717, 1.165) is 5.56 Å². The highest BCUT2D eigenvalue weighted by molar-refractivity contribution is 5.55. The number of aromatic amines is 1. The first-order valence-electron chi connectivity index (χ1n) is 5.62. The van der Waals surface area contributed by atoms with Crippen LogP contribution in [-0.2, 0) is 12.5 Å². The molecule has 0 atom stereocenters. The van der Waals surface area contributed by atoms with Gasteiger partial charge in [0.25, 0.3) is 0 Å². The summed E-state index contributed by atoms with van der Waals surface area (Å²) in [6.45, 7) is 6.51. The number of H-pyrrole nitrogens is 1. The summed E-state index contributed by atoms with van der Waals surface area (Å²) in [6.07, 6.45) is 0. The number of hydrogen-bond acceptors (Lipinski definition) is 2. The molecule has 2 aromatic rings. The fourth-order valence-electron chi connectivity index (χ4n) is 1.66. The average molecular weight is 231 g/mol. The SMILES string of the molecule is Cn1nc(-c2ccc(C(C)(C)C)cc2)[nH]c1=O. The van der Waals surface area contributed by atoms with Crippen molar-refractivity contribution >= 4 is 0 Å². The van der Waals surface area contributed by atoms with Crippen molar-refractivity contribution < 1.29 is 0 Å². The number of nitrogens with zero attached hydrogens (tertiary/aromatic N) is 2. The zero-order chi connectivity index (χ0) is 12.6. The van der Waals surface area contributed by atoms with Crippen molar-refractivity contribution in [3.8, 4) is 11.4 Å². The molecular formula is C13H17N3O. The minimum absolute atomic E-state index is 0.135. The highest BCUT2D eigenvalue weighted by Gasteiger charge is 2.13. The number of aromatic nitrogens is 3. The van der Waals surface area contributed by atoms with Gasteiger partial charge in [-0.3, -0.25) is 4.98 Å². The van der Waals surface area contributed by atoms with Gasteiger partial charge in [-0.15, -0.1) is 0 Å². The number of aryl methyl sites for hydroxylation is 1. The molecule has 1 aromatic heterocycles. The summed E-state index contributed by atoms with van der Waals surface area (Å²) in [4.78, 5) is 14.0. The van der Waals surface area contributed by atoms with Crippen molar-refractivity contribution in [3.63, 3.8) is 0 Å². The molecule has 0 aliphatic rings. The van der Waals surface area contributed by atoms with Crippen molar-refractivity contribution in [2.45, 2.75) is 26.2 Å². The van der Waals surface area contributed by atoms with Gasteiger partial charge in [0, 0.05) is 12.6 Å². The van der Waals surface area contributed by atoms with Gasteiger partial charge in [0.05, 0.1) is 0 Å². The fraction of sp³-hybridized carbons (Fsp3) is 0.385. The third-order valence-electron chi connectivity index (χ3n) is 2.79. The molecule has 1 aromatic carbocycles. The van der Waals surface area contributed by atoms with E-state index in [1.807, 2.05) is 12.1 Å². The van der Waals surface area contributed by atoms with Gasteiger partial charge in [-0.25, -0.2) is 9.48 Å². The van der Waals surface area contributed by atoms with Crippen LogP contribution in [0.3, 0.4) is 0 Å². The van der Waals surface area contributed by atoms with E-state index in [4.69, 9.17) is 0 Å². The Hall–Kier alpha value is -1.84. The summed E-state index contributed by atoms with van der Waals surface area (Å²) in [5.74, 6) is 0.609. The summed E-state index contributed by atoms with van der Waals surface area (Å²) < 4.78 is 1.30. The van der Waals surface area contributed by atoms with Gasteiger partial charge in [-0.2, -0.15) is 5.10 Å². The molecule has 0 saturated carbocycles. The highest BCUT2D eigenvalue weighted by atomic mass is 16.1. The molecule has 0 unspecified atom stereocenters. The van der Waals surface area contributed by atoms with E-state index in [1.54, 1.807) is 7.05 Å². The first-order valence-corrected chi connectivity index (χ1v) is 5.62. The average Bonchev–Trinajstić information content (AvgIpc) is 2.58. The molecule has 0 amide bonds. The Bertz CT molecular complexity index is 570. The Morgan fingerprint density at radius 3 is 2.18 bits per heavy atom. The normalized spacial score (nSPS) is 11.8. The smallest absolute Gasteiger partial charge is 0.289 e. The summed E-state index contributed by atoms with van der Waals surface area (Å²) in [7, 11) is 1.63. The molecule has 90 valence electrons. The monoisotopic (exact) mass is 231 g/mol. The molecule has 0 aliphatic heterocycles. The van der Waals surface area contributed by atoms with Crippen molar-refractivity contribution in [3.05, 3.63) is 40.3 Å². The predicted molar refractivity (Wildman–Crippen MR) is 68.0 cm³/mol. The van der Waals surface area contributed by atoms with Gasteiger partial charge in [-0.05, 0) is 11.0 Å². The van der Waals surface area contributed by atoms with Gasteiger partial charge in [0.15, 0.2) is 5.82 Å². The molecule has 0 bridgehead atoms. The van der Waals surface area contributed by atoms with E-state index >= 15 is 0 Å². The molecule has 1 N–H and O–H groups in total. The Balaban J connectivity index is 2.39. The first-order chi connectivity index (χ1) is 7.88. The zero-order valence-corrected chi connectivity index (χ0v) is 10.6. The summed E-state index contributed by atoms with van der Waals surface area (Å²) >= 11 is 0. The molecule has 4 heteroatoms. The number of rotatable bonds is 1. The van der Waals surface area contributed by atoms with Crippen LogP contribution in [0.2, 0.25) is 0 Å². The molecule has 1 heterocycles. The topological polar surface area (TPSA) is 50.7 Å². The van der Waals surface area contributed by atoms with Crippen LogP contribution in [0, 0.1) is 0 Å². The second kappa shape index (κ2) is 3.87. The largest absolute Gasteiger partial charge is 0.343 e. The fourth-order valence-corrected chi connectivity index (χ4v) is 1.66. The molecule has 4 nitrogen and oxygen atoms in total. The standard InChI is InChI=1S/C13H17N3O/c1-13(2,3)10-7-5-9(6-8-10)11-14-12(17)16(4)15-11/h5-8H,1-4H3,(H,14,15,17). The van der Waals surface area contributed by atoms with Crippen molar-refractivity contribution in [1.29, 1.82) is 0 Å². The van der Waals surface area contributed by atoms with Gasteiger partial charge in [-0.1, -0.05) is 45.0 Å². The van der Waals surface area contributed by atoms with Crippen LogP contribution in [-0.4, -0.2) is 14.8 Å². The van der Waals surface area contributed by atoms with E-state index in [0.29, 0.717) is 5.82 Å². The summed E-state index contributed by atoms with van der Waals surface area (Å²) in [5, 5.41) is 4.12. The van der Waals surface area contributed by atoms with E-state index in [-0.39, 0.29) is 11.1 Å². The van der Waals surface area contributed by atoms with Crippen LogP contribution in [0.15, 0.2) is 29.1 Å². The number of nitrogens with one attached hydrogen (secondary N) is 1. The lowest BCUT2D eigenvalue weighted by Crippen LogP contribution is -2.13. The van der Waals surface area contributed by atoms with E-state index < -0.39 is 0 Å². The molecule has 0 fully saturated rings. The van der Waals surface area contributed by atoms with Gasteiger partial charge in [0.2, 0.25) is 0 Å². The van der Waals surface area contributed by atoms with Crippen molar-refractivity contribution in [1.82, 2.24) is 14.8 Å². The van der Waals surface area contributed by atoms with E-state index in [2.05, 4.69) is 43.0 Å². The Morgan fingerprint density at radius 2 is 1.76 bits per heavy atom. The summed E-state index contributed by atoms with van der Waals surface area (Å²) in [6, 6.07) is 8.11. The lowest BCUT2D eigenvalue weighted by Gasteiger charge is -2.18. The first kappa shape index (κ1) is 11.6. The Morgan fingerprint density at radius 1 is 1.18 bits per heavy atom. The highest BCUT2D eigenvalue weighted by Crippen LogP contribution is 2.24. The van der Waals surface area contributed by atoms with Crippen molar-refractivity contribution in [2.24, 2.45) is 7.05 Å². The third-order valence-corrected chi connectivity index (χ3v) is 2.79. The second-order valence-electron chi connectivity index (χ2n) is 5.23. The van der Waals surface area contributed by atoms with Crippen LogP contribution in [0.5, 0.6) is 0 Å². The molecule has 0 saturated heterocycles. The zero-order valence-electron chi connectivity index (χ0n) is 10.6. The van der Waals surface area contributed by atoms with Crippen LogP contribution in [0.25, 0.3) is 11.4 Å². The predicted octanol–water partition coefficient (Wildman–Crippen LogP) is 2.07. The molecule has 0 aliphatic carbocycles. The van der Waals surface area contributed by atoms with E-state index in [9.17, 15) is 4.79 Å². The lowest BCUT2D eigenvalue weighted by atomic mass is 9.87. The summed E-state index contributed by atoms with van der Waals surface area (Å²) in [5.41, 5.74) is 2.13. The minimum atomic E-state index is -0.195. The maximum atomic E-state index is 11.3. The van der Waals surface area contributed by atoms with E-state index in [1.165, 1.54) is 10.2 Å². The molecular weight excluding hydrogens is 214 g/mol. The molecule has 0 radical (unpaired) electrons. The second-order valence-corrected chi connectivity index (χ2v) is 5.23. The molecule has 2 rings (SSSR count). The number of hydrogen-bond donors (Lipinski definition) is 1. The quantitative estimate of drug-likeness (QED) is 0.816. The Kier molecular flexibility index (Phi) is 2.65. The van der Waals surface area contributed by atoms with Crippen LogP contribution < -0.4 is 5.69 Å². The van der Waals surface area contributed by atoms with Crippen LogP contribution >= 0.6 is 0 Å². The lowest BCUT2D eigenvalue weighted by molar-refractivity contribution is 0.590. The van der Waals surface area contributed by atoms with Gasteiger partial charge >= 0.3 is 5.69 Å². The van der Waals surface area contributed by atoms with Gasteiger partial charge < -0.3 is 0 Å². The van der Waals surface area contributed by atoms with Crippen LogP contribution in [0.1, 0.15) is 26.3 Å². The van der Waals surface area contributed by atoms with Gasteiger partial charge in [0.1, 0.15) is 0 Å². The Labute approximate surface area is 100 Å². The third kappa shape index (κ3) is 2.30. The minimum Gasteiger partial charge on any atom is -0.289 e. The van der Waals surface area contributed by atoms with Crippen LogP contribution in [0.4, 0.5) is 0 Å². The number of benzene rings is 1.